The van der Waals surface area contributed by atoms with Gasteiger partial charge in [0.1, 0.15) is 0 Å². The normalized spacial score (nSPS) is 17.8. The summed E-state index contributed by atoms with van der Waals surface area (Å²) in [6, 6.07) is 10.6. The second-order valence-electron chi connectivity index (χ2n) is 5.81. The summed E-state index contributed by atoms with van der Waals surface area (Å²) in [4.78, 5) is 4.68. The van der Waals surface area contributed by atoms with Crippen LogP contribution in [0.1, 0.15) is 55.8 Å². The smallest absolute Gasteiger partial charge is 0.226 e. The molecule has 1 heterocycles. The minimum atomic E-state index is -0.0672. The maximum absolute atomic E-state index is 5.74. The number of nitrogens with zero attached hydrogens (tertiary/aromatic N) is 2. The molecule has 1 aliphatic carbocycles. The van der Waals surface area contributed by atoms with Crippen molar-refractivity contribution in [2.24, 2.45) is 0 Å². The summed E-state index contributed by atoms with van der Waals surface area (Å²) < 4.78 is 5.45. The first-order valence-corrected chi connectivity index (χ1v) is 8.33. The maximum atomic E-state index is 5.74. The van der Waals surface area contributed by atoms with E-state index in [1.807, 2.05) is 0 Å². The Hall–Kier alpha value is -1.35. The van der Waals surface area contributed by atoms with Gasteiger partial charge in [-0.1, -0.05) is 54.8 Å². The third-order valence-corrected chi connectivity index (χ3v) is 4.72. The second-order valence-corrected chi connectivity index (χ2v) is 6.19. The third-order valence-electron chi connectivity index (χ3n) is 4.45. The van der Waals surface area contributed by atoms with Gasteiger partial charge in [-0.3, -0.25) is 0 Å². The minimum Gasteiger partial charge on any atom is -0.339 e. The molecule has 0 saturated heterocycles. The molecule has 0 atom stereocenters. The lowest BCUT2D eigenvalue weighted by Crippen LogP contribution is -2.31. The molecule has 1 aromatic heterocycles. The summed E-state index contributed by atoms with van der Waals surface area (Å²) in [5.41, 5.74) is 1.25. The van der Waals surface area contributed by atoms with Crippen LogP contribution in [-0.4, -0.2) is 16.0 Å². The standard InChI is InChI=1S/C17H21ClN2O/c18-13-7-10-15-19-16(20-21-15)17(11-5-2-6-12-17)14-8-3-1-4-9-14/h1,3-4,8-9H,2,5-7,10-13H2. The summed E-state index contributed by atoms with van der Waals surface area (Å²) in [7, 11) is 0. The molecule has 0 N–H and O–H groups in total. The molecule has 0 radical (unpaired) electrons. The van der Waals surface area contributed by atoms with Crippen molar-refractivity contribution in [3.63, 3.8) is 0 Å². The Kier molecular flexibility index (Phi) is 4.59. The Morgan fingerprint density at radius 3 is 2.57 bits per heavy atom. The first-order chi connectivity index (χ1) is 10.3. The molecule has 1 saturated carbocycles. The fourth-order valence-electron chi connectivity index (χ4n) is 3.32. The minimum absolute atomic E-state index is 0.0672. The first-order valence-electron chi connectivity index (χ1n) is 7.80. The predicted molar refractivity (Wildman–Crippen MR) is 83.6 cm³/mol. The topological polar surface area (TPSA) is 38.9 Å². The van der Waals surface area contributed by atoms with Crippen molar-refractivity contribution in [2.75, 3.05) is 5.88 Å². The van der Waals surface area contributed by atoms with Gasteiger partial charge in [0, 0.05) is 12.3 Å². The van der Waals surface area contributed by atoms with E-state index in [9.17, 15) is 0 Å². The van der Waals surface area contributed by atoms with E-state index in [1.54, 1.807) is 0 Å². The van der Waals surface area contributed by atoms with Crippen molar-refractivity contribution in [1.29, 1.82) is 0 Å². The molecule has 1 fully saturated rings. The Morgan fingerprint density at radius 2 is 1.86 bits per heavy atom. The molecular formula is C17H21ClN2O. The zero-order chi connectivity index (χ0) is 14.5. The van der Waals surface area contributed by atoms with Crippen LogP contribution < -0.4 is 0 Å². The van der Waals surface area contributed by atoms with Gasteiger partial charge in [-0.05, 0) is 24.8 Å². The van der Waals surface area contributed by atoms with Gasteiger partial charge >= 0.3 is 0 Å². The van der Waals surface area contributed by atoms with Crippen molar-refractivity contribution >= 4 is 11.6 Å². The van der Waals surface area contributed by atoms with Gasteiger partial charge in [-0.2, -0.15) is 4.98 Å². The van der Waals surface area contributed by atoms with Gasteiger partial charge < -0.3 is 4.52 Å². The van der Waals surface area contributed by atoms with Gasteiger partial charge in [-0.25, -0.2) is 0 Å². The van der Waals surface area contributed by atoms with Gasteiger partial charge in [0.05, 0.1) is 5.41 Å². The van der Waals surface area contributed by atoms with E-state index in [0.29, 0.717) is 11.8 Å². The SMILES string of the molecule is ClCCCc1nc(C2(c3ccccc3)CCCCC2)no1. The number of halogens is 1. The maximum Gasteiger partial charge on any atom is 0.226 e. The zero-order valence-corrected chi connectivity index (χ0v) is 13.0. The number of hydrogen-bond acceptors (Lipinski definition) is 3. The number of alkyl halides is 1. The first kappa shape index (κ1) is 14.6. The van der Waals surface area contributed by atoms with E-state index in [-0.39, 0.29) is 5.41 Å². The predicted octanol–water partition coefficient (Wildman–Crippen LogP) is 4.49. The van der Waals surface area contributed by atoms with Crippen LogP contribution in [0.2, 0.25) is 0 Å². The Morgan fingerprint density at radius 1 is 1.10 bits per heavy atom. The van der Waals surface area contributed by atoms with Crippen LogP contribution in [0.15, 0.2) is 34.9 Å². The van der Waals surface area contributed by atoms with Crippen molar-refractivity contribution in [3.05, 3.63) is 47.6 Å². The van der Waals surface area contributed by atoms with Crippen LogP contribution in [-0.2, 0) is 11.8 Å². The molecule has 1 aliphatic rings. The Labute approximate surface area is 130 Å². The van der Waals surface area contributed by atoms with Crippen LogP contribution in [0.5, 0.6) is 0 Å². The van der Waals surface area contributed by atoms with Gasteiger partial charge in [0.2, 0.25) is 5.89 Å². The fraction of sp³-hybridized carbons (Fsp3) is 0.529. The molecule has 21 heavy (non-hydrogen) atoms. The molecule has 0 unspecified atom stereocenters. The van der Waals surface area contributed by atoms with E-state index < -0.39 is 0 Å². The van der Waals surface area contributed by atoms with Crippen molar-refractivity contribution in [1.82, 2.24) is 10.1 Å². The lowest BCUT2D eigenvalue weighted by atomic mass is 9.69. The average molecular weight is 305 g/mol. The lowest BCUT2D eigenvalue weighted by Gasteiger charge is -2.34. The van der Waals surface area contributed by atoms with Crippen LogP contribution in [0.4, 0.5) is 0 Å². The molecule has 3 nitrogen and oxygen atoms in total. The van der Waals surface area contributed by atoms with Gasteiger partial charge in [-0.15, -0.1) is 11.6 Å². The number of aromatic nitrogens is 2. The van der Waals surface area contributed by atoms with E-state index >= 15 is 0 Å². The monoisotopic (exact) mass is 304 g/mol. The number of benzene rings is 1. The highest BCUT2D eigenvalue weighted by atomic mass is 35.5. The summed E-state index contributed by atoms with van der Waals surface area (Å²) in [5.74, 6) is 2.20. The highest BCUT2D eigenvalue weighted by molar-refractivity contribution is 6.17. The quantitative estimate of drug-likeness (QED) is 0.764. The number of hydrogen-bond donors (Lipinski definition) is 0. The molecule has 0 amide bonds. The molecule has 4 heteroatoms. The fourth-order valence-corrected chi connectivity index (χ4v) is 3.46. The third kappa shape index (κ3) is 2.98. The van der Waals surface area contributed by atoms with Crippen LogP contribution in [0.3, 0.4) is 0 Å². The summed E-state index contributed by atoms with van der Waals surface area (Å²) in [6.07, 6.45) is 7.59. The Balaban J connectivity index is 1.94. The highest BCUT2D eigenvalue weighted by Gasteiger charge is 2.39. The molecule has 0 spiro atoms. The van der Waals surface area contributed by atoms with Gasteiger partial charge in [0.15, 0.2) is 5.82 Å². The zero-order valence-electron chi connectivity index (χ0n) is 12.2. The van der Waals surface area contributed by atoms with Crippen molar-refractivity contribution < 1.29 is 4.52 Å². The van der Waals surface area contributed by atoms with Crippen LogP contribution in [0, 0.1) is 0 Å². The largest absolute Gasteiger partial charge is 0.339 e. The van der Waals surface area contributed by atoms with Crippen molar-refractivity contribution in [2.45, 2.75) is 50.4 Å². The summed E-state index contributed by atoms with van der Waals surface area (Å²) in [5, 5.41) is 4.31. The summed E-state index contributed by atoms with van der Waals surface area (Å²) >= 11 is 5.74. The number of aryl methyl sites for hydroxylation is 1. The van der Waals surface area contributed by atoms with E-state index in [0.717, 1.165) is 31.5 Å². The average Bonchev–Trinajstić information content (AvgIpc) is 3.04. The van der Waals surface area contributed by atoms with E-state index in [1.165, 1.54) is 24.8 Å². The van der Waals surface area contributed by atoms with E-state index in [2.05, 4.69) is 40.5 Å². The molecule has 112 valence electrons. The molecule has 2 aromatic rings. The number of rotatable bonds is 5. The Bertz CT molecular complexity index is 561. The second kappa shape index (κ2) is 6.61. The van der Waals surface area contributed by atoms with E-state index in [4.69, 9.17) is 16.1 Å². The molecule has 1 aromatic carbocycles. The van der Waals surface area contributed by atoms with Gasteiger partial charge in [0.25, 0.3) is 0 Å². The van der Waals surface area contributed by atoms with Crippen molar-refractivity contribution in [3.8, 4) is 0 Å². The van der Waals surface area contributed by atoms with Crippen LogP contribution in [0.25, 0.3) is 0 Å². The molecule has 0 aliphatic heterocycles. The lowest BCUT2D eigenvalue weighted by molar-refractivity contribution is 0.308. The highest BCUT2D eigenvalue weighted by Crippen LogP contribution is 2.43. The summed E-state index contributed by atoms with van der Waals surface area (Å²) in [6.45, 7) is 0. The van der Waals surface area contributed by atoms with Crippen LogP contribution >= 0.6 is 11.6 Å². The molecule has 3 rings (SSSR count). The molecular weight excluding hydrogens is 284 g/mol. The molecule has 0 bridgehead atoms.